The van der Waals surface area contributed by atoms with E-state index in [9.17, 15) is 22.8 Å². The first-order chi connectivity index (χ1) is 15.3. The van der Waals surface area contributed by atoms with E-state index in [0.717, 1.165) is 23.2 Å². The molecule has 1 saturated heterocycles. The summed E-state index contributed by atoms with van der Waals surface area (Å²) in [7, 11) is 0. The van der Waals surface area contributed by atoms with Crippen molar-refractivity contribution in [3.05, 3.63) is 71.7 Å². The lowest BCUT2D eigenvalue weighted by Crippen LogP contribution is -2.40. The largest absolute Gasteiger partial charge is 0.397 e. The molecule has 1 unspecified atom stereocenters. The number of hydrogen-bond donors (Lipinski definition) is 1. The molecule has 9 heteroatoms. The third kappa shape index (κ3) is 5.09. The summed E-state index contributed by atoms with van der Waals surface area (Å²) in [6.07, 6.45) is 1.55. The number of carbonyl (C=O) groups excluding carboxylic acids is 2. The molecule has 1 atom stereocenters. The van der Waals surface area contributed by atoms with Crippen molar-refractivity contribution < 1.29 is 22.8 Å². The third-order valence-electron chi connectivity index (χ3n) is 5.65. The number of rotatable bonds is 5. The SMILES string of the molecule is O=C(NCc1ccn2ccnc2c1)c1ccc(C2CCCCN2C(=O)CC(F)(F)F)cc1. The minimum atomic E-state index is -4.52. The Balaban J connectivity index is 1.40. The van der Waals surface area contributed by atoms with E-state index in [2.05, 4.69) is 10.3 Å². The summed E-state index contributed by atoms with van der Waals surface area (Å²) in [5, 5.41) is 2.86. The van der Waals surface area contributed by atoms with Gasteiger partial charge >= 0.3 is 6.18 Å². The molecule has 6 nitrogen and oxygen atoms in total. The van der Waals surface area contributed by atoms with E-state index in [4.69, 9.17) is 0 Å². The zero-order valence-electron chi connectivity index (χ0n) is 17.3. The molecule has 3 aromatic rings. The smallest absolute Gasteiger partial charge is 0.348 e. The van der Waals surface area contributed by atoms with Crippen LogP contribution in [0.25, 0.3) is 5.65 Å². The zero-order chi connectivity index (χ0) is 22.7. The summed E-state index contributed by atoms with van der Waals surface area (Å²) in [5.41, 5.74) is 2.88. The Bertz CT molecular complexity index is 1110. The number of fused-ring (bicyclic) bond motifs is 1. The van der Waals surface area contributed by atoms with Crippen molar-refractivity contribution in [3.63, 3.8) is 0 Å². The molecule has 1 aliphatic rings. The molecule has 1 N–H and O–H groups in total. The lowest BCUT2D eigenvalue weighted by atomic mass is 9.94. The first kappa shape index (κ1) is 21.9. The van der Waals surface area contributed by atoms with Crippen LogP contribution in [0.15, 0.2) is 55.0 Å². The average molecular weight is 444 g/mol. The second-order valence-electron chi connectivity index (χ2n) is 7.92. The number of benzene rings is 1. The molecule has 32 heavy (non-hydrogen) atoms. The van der Waals surface area contributed by atoms with E-state index in [1.54, 1.807) is 30.5 Å². The number of alkyl halides is 3. The molecule has 2 amide bonds. The highest BCUT2D eigenvalue weighted by molar-refractivity contribution is 5.94. The van der Waals surface area contributed by atoms with E-state index in [-0.39, 0.29) is 5.91 Å². The number of aromatic nitrogens is 2. The quantitative estimate of drug-likeness (QED) is 0.639. The molecule has 0 radical (unpaired) electrons. The molecule has 1 fully saturated rings. The minimum absolute atomic E-state index is 0.256. The van der Waals surface area contributed by atoms with Gasteiger partial charge in [-0.3, -0.25) is 9.59 Å². The van der Waals surface area contributed by atoms with E-state index in [0.29, 0.717) is 31.5 Å². The minimum Gasteiger partial charge on any atom is -0.348 e. The van der Waals surface area contributed by atoms with Crippen LogP contribution in [0, 0.1) is 0 Å². The van der Waals surface area contributed by atoms with Crippen LogP contribution in [0.5, 0.6) is 0 Å². The molecular weight excluding hydrogens is 421 g/mol. The van der Waals surface area contributed by atoms with Gasteiger partial charge in [-0.25, -0.2) is 4.98 Å². The van der Waals surface area contributed by atoms with Gasteiger partial charge in [0.25, 0.3) is 5.91 Å². The summed E-state index contributed by atoms with van der Waals surface area (Å²) in [4.78, 5) is 30.3. The lowest BCUT2D eigenvalue weighted by Gasteiger charge is -2.36. The van der Waals surface area contributed by atoms with Crippen LogP contribution in [-0.4, -0.2) is 38.8 Å². The predicted octanol–water partition coefficient (Wildman–Crippen LogP) is 4.27. The number of nitrogens with one attached hydrogen (secondary N) is 1. The monoisotopic (exact) mass is 444 g/mol. The van der Waals surface area contributed by atoms with Gasteiger partial charge in [0.2, 0.25) is 5.91 Å². The second-order valence-corrected chi connectivity index (χ2v) is 7.92. The second kappa shape index (κ2) is 9.02. The molecule has 0 aliphatic carbocycles. The first-order valence-corrected chi connectivity index (χ1v) is 10.5. The van der Waals surface area contributed by atoms with Crippen molar-refractivity contribution in [3.8, 4) is 0 Å². The zero-order valence-corrected chi connectivity index (χ0v) is 17.3. The maximum absolute atomic E-state index is 12.7. The van der Waals surface area contributed by atoms with Gasteiger partial charge in [0.15, 0.2) is 0 Å². The summed E-state index contributed by atoms with van der Waals surface area (Å²) >= 11 is 0. The highest BCUT2D eigenvalue weighted by Gasteiger charge is 2.36. The molecule has 2 aromatic heterocycles. The normalized spacial score (nSPS) is 16.8. The van der Waals surface area contributed by atoms with Crippen molar-refractivity contribution in [2.45, 2.75) is 44.4 Å². The van der Waals surface area contributed by atoms with Crippen molar-refractivity contribution in [1.29, 1.82) is 0 Å². The van der Waals surface area contributed by atoms with Gasteiger partial charge < -0.3 is 14.6 Å². The molecular formula is C23H23F3N4O2. The molecule has 0 spiro atoms. The molecule has 0 bridgehead atoms. The number of piperidine rings is 1. The summed E-state index contributed by atoms with van der Waals surface area (Å²) in [5.74, 6) is -1.16. The fourth-order valence-corrected chi connectivity index (χ4v) is 4.05. The molecule has 1 aromatic carbocycles. The van der Waals surface area contributed by atoms with Crippen molar-refractivity contribution in [2.75, 3.05) is 6.54 Å². The number of carbonyl (C=O) groups is 2. The highest BCUT2D eigenvalue weighted by Crippen LogP contribution is 2.33. The standard InChI is InChI=1S/C23H23F3N4O2/c24-23(25,26)14-21(31)30-10-2-1-3-19(30)17-4-6-18(7-5-17)22(32)28-15-16-8-11-29-12-9-27-20(29)13-16/h4-9,11-13,19H,1-3,10,14-15H2,(H,28,32). The number of likely N-dealkylation sites (tertiary alicyclic amines) is 1. The topological polar surface area (TPSA) is 66.7 Å². The Morgan fingerprint density at radius 2 is 1.88 bits per heavy atom. The van der Waals surface area contributed by atoms with Gasteiger partial charge in [0, 0.05) is 37.2 Å². The predicted molar refractivity (Wildman–Crippen MR) is 112 cm³/mol. The number of amides is 2. The van der Waals surface area contributed by atoms with Gasteiger partial charge in [0.1, 0.15) is 12.1 Å². The molecule has 168 valence electrons. The van der Waals surface area contributed by atoms with Gasteiger partial charge in [-0.15, -0.1) is 0 Å². The first-order valence-electron chi connectivity index (χ1n) is 10.5. The van der Waals surface area contributed by atoms with Gasteiger partial charge in [-0.05, 0) is 54.7 Å². The Morgan fingerprint density at radius 1 is 1.09 bits per heavy atom. The van der Waals surface area contributed by atoms with Crippen molar-refractivity contribution in [1.82, 2.24) is 19.6 Å². The van der Waals surface area contributed by atoms with E-state index in [1.165, 1.54) is 4.90 Å². The van der Waals surface area contributed by atoms with Crippen LogP contribution in [0.4, 0.5) is 13.2 Å². The molecule has 0 saturated carbocycles. The summed E-state index contributed by atoms with van der Waals surface area (Å²) in [6, 6.07) is 10.1. The Morgan fingerprint density at radius 3 is 2.62 bits per heavy atom. The lowest BCUT2D eigenvalue weighted by molar-refractivity contribution is -0.164. The summed E-state index contributed by atoms with van der Waals surface area (Å²) in [6.45, 7) is 0.648. The molecule has 3 heterocycles. The fourth-order valence-electron chi connectivity index (χ4n) is 4.05. The van der Waals surface area contributed by atoms with Crippen LogP contribution in [-0.2, 0) is 11.3 Å². The van der Waals surface area contributed by atoms with E-state index < -0.39 is 24.5 Å². The maximum Gasteiger partial charge on any atom is 0.397 e. The van der Waals surface area contributed by atoms with Crippen LogP contribution in [0.2, 0.25) is 0 Å². The van der Waals surface area contributed by atoms with Gasteiger partial charge in [-0.1, -0.05) is 12.1 Å². The van der Waals surface area contributed by atoms with Gasteiger partial charge in [0.05, 0.1) is 6.04 Å². The molecule has 1 aliphatic heterocycles. The van der Waals surface area contributed by atoms with Crippen LogP contribution >= 0.6 is 0 Å². The van der Waals surface area contributed by atoms with E-state index in [1.807, 2.05) is 28.9 Å². The Hall–Kier alpha value is -3.36. The Labute approximate surface area is 183 Å². The summed E-state index contributed by atoms with van der Waals surface area (Å²) < 4.78 is 39.9. The number of nitrogens with zero attached hydrogens (tertiary/aromatic N) is 3. The maximum atomic E-state index is 12.7. The number of halogens is 3. The van der Waals surface area contributed by atoms with Crippen molar-refractivity contribution >= 4 is 17.5 Å². The number of pyridine rings is 1. The van der Waals surface area contributed by atoms with Crippen LogP contribution < -0.4 is 5.32 Å². The molecule has 4 rings (SSSR count). The fraction of sp³-hybridized carbons (Fsp3) is 0.348. The average Bonchev–Trinajstić information content (AvgIpc) is 3.24. The van der Waals surface area contributed by atoms with Crippen molar-refractivity contribution in [2.24, 2.45) is 0 Å². The highest BCUT2D eigenvalue weighted by atomic mass is 19.4. The Kier molecular flexibility index (Phi) is 6.16. The van der Waals surface area contributed by atoms with Gasteiger partial charge in [-0.2, -0.15) is 13.2 Å². The van der Waals surface area contributed by atoms with E-state index >= 15 is 0 Å². The van der Waals surface area contributed by atoms with Crippen LogP contribution in [0.1, 0.15) is 53.2 Å². The van der Waals surface area contributed by atoms with Crippen LogP contribution in [0.3, 0.4) is 0 Å². The third-order valence-corrected chi connectivity index (χ3v) is 5.65. The number of hydrogen-bond acceptors (Lipinski definition) is 3. The number of imidazole rings is 1.